The summed E-state index contributed by atoms with van der Waals surface area (Å²) in [4.78, 5) is 24.1. The Morgan fingerprint density at radius 1 is 1.00 bits per heavy atom. The highest BCUT2D eigenvalue weighted by atomic mass is 16.2. The van der Waals surface area contributed by atoms with Gasteiger partial charge in [-0.25, -0.2) is 0 Å². The third-order valence-corrected chi connectivity index (χ3v) is 4.14. The van der Waals surface area contributed by atoms with Crippen LogP contribution in [0.2, 0.25) is 0 Å². The Bertz CT molecular complexity index is 698. The maximum Gasteiger partial charge on any atom is 0.251 e. The summed E-state index contributed by atoms with van der Waals surface area (Å²) in [6.45, 7) is 4.24. The van der Waals surface area contributed by atoms with E-state index in [-0.39, 0.29) is 24.3 Å². The number of hydrogen-bond donors (Lipinski definition) is 2. The molecule has 0 bridgehead atoms. The fraction of sp³-hybridized carbons (Fsp3) is 0.333. The zero-order valence-corrected chi connectivity index (χ0v) is 14.9. The van der Waals surface area contributed by atoms with Gasteiger partial charge in [-0.3, -0.25) is 9.59 Å². The van der Waals surface area contributed by atoms with Crippen LogP contribution in [0.5, 0.6) is 0 Å². The lowest BCUT2D eigenvalue weighted by Gasteiger charge is -2.14. The second-order valence-corrected chi connectivity index (χ2v) is 6.31. The Labute approximate surface area is 149 Å². The van der Waals surface area contributed by atoms with Crippen molar-refractivity contribution in [2.45, 2.75) is 39.2 Å². The van der Waals surface area contributed by atoms with Gasteiger partial charge < -0.3 is 10.6 Å². The Balaban J connectivity index is 1.66. The highest BCUT2D eigenvalue weighted by Crippen LogP contribution is 2.07. The molecule has 2 N–H and O–H groups in total. The van der Waals surface area contributed by atoms with E-state index in [1.54, 1.807) is 6.07 Å². The number of amides is 2. The molecule has 2 rings (SSSR count). The molecule has 132 valence electrons. The number of carbonyl (C=O) groups is 2. The second kappa shape index (κ2) is 9.62. The van der Waals surface area contributed by atoms with Gasteiger partial charge in [0.05, 0.1) is 0 Å². The van der Waals surface area contributed by atoms with Crippen molar-refractivity contribution in [3.05, 3.63) is 71.3 Å². The lowest BCUT2D eigenvalue weighted by atomic mass is 10.1. The summed E-state index contributed by atoms with van der Waals surface area (Å²) in [7, 11) is 0. The largest absolute Gasteiger partial charge is 0.354 e. The van der Waals surface area contributed by atoms with Crippen molar-refractivity contribution in [2.75, 3.05) is 6.54 Å². The highest BCUT2D eigenvalue weighted by molar-refractivity contribution is 5.95. The standard InChI is InChI=1S/C21H26N2O2/c1-16-8-6-7-11-19(16)21(25)22-15-14-20(24)23-17(2)12-13-18-9-4-3-5-10-18/h3-11,17H,12-15H2,1-2H3,(H,22,25)(H,23,24). The van der Waals surface area contributed by atoms with Gasteiger partial charge >= 0.3 is 0 Å². The minimum Gasteiger partial charge on any atom is -0.354 e. The number of carbonyl (C=O) groups excluding carboxylic acids is 2. The first-order chi connectivity index (χ1) is 12.1. The smallest absolute Gasteiger partial charge is 0.251 e. The summed E-state index contributed by atoms with van der Waals surface area (Å²) in [5, 5.41) is 5.79. The van der Waals surface area contributed by atoms with Crippen LogP contribution in [-0.4, -0.2) is 24.4 Å². The number of hydrogen-bond acceptors (Lipinski definition) is 2. The molecule has 0 aliphatic rings. The van der Waals surface area contributed by atoms with E-state index in [2.05, 4.69) is 22.8 Å². The topological polar surface area (TPSA) is 58.2 Å². The van der Waals surface area contributed by atoms with E-state index < -0.39 is 0 Å². The molecule has 0 saturated carbocycles. The molecule has 0 aliphatic heterocycles. The van der Waals surface area contributed by atoms with E-state index in [4.69, 9.17) is 0 Å². The van der Waals surface area contributed by atoms with Gasteiger partial charge in [-0.15, -0.1) is 0 Å². The molecule has 2 aromatic rings. The Kier molecular flexibility index (Phi) is 7.20. The van der Waals surface area contributed by atoms with E-state index >= 15 is 0 Å². The minimum absolute atomic E-state index is 0.0364. The molecule has 0 radical (unpaired) electrons. The van der Waals surface area contributed by atoms with Crippen LogP contribution in [0.15, 0.2) is 54.6 Å². The van der Waals surface area contributed by atoms with E-state index in [1.807, 2.05) is 50.2 Å². The molecule has 0 aliphatic carbocycles. The predicted molar refractivity (Wildman–Crippen MR) is 100 cm³/mol. The van der Waals surface area contributed by atoms with E-state index in [0.717, 1.165) is 18.4 Å². The van der Waals surface area contributed by atoms with Gasteiger partial charge in [0.2, 0.25) is 5.91 Å². The molecule has 0 saturated heterocycles. The molecule has 0 spiro atoms. The van der Waals surface area contributed by atoms with Crippen molar-refractivity contribution in [3.8, 4) is 0 Å². The molecular formula is C21H26N2O2. The summed E-state index contributed by atoms with van der Waals surface area (Å²) < 4.78 is 0. The average Bonchev–Trinajstić information content (AvgIpc) is 2.61. The summed E-state index contributed by atoms with van der Waals surface area (Å²) in [6.07, 6.45) is 2.12. The van der Waals surface area contributed by atoms with Gasteiger partial charge in [-0.2, -0.15) is 0 Å². The van der Waals surface area contributed by atoms with Gasteiger partial charge in [0, 0.05) is 24.6 Å². The predicted octanol–water partition coefficient (Wildman–Crippen LogP) is 3.25. The fourth-order valence-electron chi connectivity index (χ4n) is 2.66. The number of benzene rings is 2. The van der Waals surface area contributed by atoms with Crippen LogP contribution >= 0.6 is 0 Å². The normalized spacial score (nSPS) is 11.6. The molecule has 0 heterocycles. The van der Waals surface area contributed by atoms with Crippen LogP contribution in [0.25, 0.3) is 0 Å². The summed E-state index contributed by atoms with van der Waals surface area (Å²) in [6, 6.07) is 17.8. The van der Waals surface area contributed by atoms with Crippen LogP contribution in [0.1, 0.15) is 41.3 Å². The maximum absolute atomic E-state index is 12.1. The first-order valence-corrected chi connectivity index (χ1v) is 8.73. The Morgan fingerprint density at radius 2 is 1.68 bits per heavy atom. The van der Waals surface area contributed by atoms with Crippen LogP contribution in [0, 0.1) is 6.92 Å². The summed E-state index contributed by atoms with van der Waals surface area (Å²) >= 11 is 0. The van der Waals surface area contributed by atoms with Gasteiger partial charge in [-0.05, 0) is 43.9 Å². The quantitative estimate of drug-likeness (QED) is 0.776. The average molecular weight is 338 g/mol. The lowest BCUT2D eigenvalue weighted by molar-refractivity contribution is -0.121. The molecule has 1 unspecified atom stereocenters. The van der Waals surface area contributed by atoms with Crippen molar-refractivity contribution < 1.29 is 9.59 Å². The highest BCUT2D eigenvalue weighted by Gasteiger charge is 2.10. The van der Waals surface area contributed by atoms with Gasteiger partial charge in [0.1, 0.15) is 0 Å². The number of aryl methyl sites for hydroxylation is 2. The van der Waals surface area contributed by atoms with Crippen molar-refractivity contribution in [1.29, 1.82) is 0 Å². The SMILES string of the molecule is Cc1ccccc1C(=O)NCCC(=O)NC(C)CCc1ccccc1. The molecule has 0 aromatic heterocycles. The number of nitrogens with one attached hydrogen (secondary N) is 2. The zero-order chi connectivity index (χ0) is 18.1. The van der Waals surface area contributed by atoms with Crippen molar-refractivity contribution in [3.63, 3.8) is 0 Å². The van der Waals surface area contributed by atoms with Crippen molar-refractivity contribution in [1.82, 2.24) is 10.6 Å². The molecular weight excluding hydrogens is 312 g/mol. The van der Waals surface area contributed by atoms with Crippen LogP contribution < -0.4 is 10.6 Å². The van der Waals surface area contributed by atoms with Crippen LogP contribution in [-0.2, 0) is 11.2 Å². The second-order valence-electron chi connectivity index (χ2n) is 6.31. The zero-order valence-electron chi connectivity index (χ0n) is 14.9. The monoisotopic (exact) mass is 338 g/mol. The van der Waals surface area contributed by atoms with Gasteiger partial charge in [-0.1, -0.05) is 48.5 Å². The van der Waals surface area contributed by atoms with Gasteiger partial charge in [0.25, 0.3) is 5.91 Å². The van der Waals surface area contributed by atoms with Gasteiger partial charge in [0.15, 0.2) is 0 Å². The van der Waals surface area contributed by atoms with E-state index in [0.29, 0.717) is 12.1 Å². The summed E-state index contributed by atoms with van der Waals surface area (Å²) in [5.74, 6) is -0.173. The molecule has 1 atom stereocenters. The fourth-order valence-corrected chi connectivity index (χ4v) is 2.66. The van der Waals surface area contributed by atoms with Crippen molar-refractivity contribution >= 4 is 11.8 Å². The molecule has 2 amide bonds. The van der Waals surface area contributed by atoms with Crippen LogP contribution in [0.4, 0.5) is 0 Å². The molecule has 0 fully saturated rings. The third kappa shape index (κ3) is 6.42. The number of rotatable bonds is 8. The summed E-state index contributed by atoms with van der Waals surface area (Å²) in [5.41, 5.74) is 2.85. The lowest BCUT2D eigenvalue weighted by Crippen LogP contribution is -2.35. The molecule has 25 heavy (non-hydrogen) atoms. The Morgan fingerprint density at radius 3 is 2.40 bits per heavy atom. The third-order valence-electron chi connectivity index (χ3n) is 4.14. The van der Waals surface area contributed by atoms with E-state index in [1.165, 1.54) is 5.56 Å². The minimum atomic E-state index is -0.136. The van der Waals surface area contributed by atoms with Crippen molar-refractivity contribution in [2.24, 2.45) is 0 Å². The van der Waals surface area contributed by atoms with Crippen LogP contribution in [0.3, 0.4) is 0 Å². The molecule has 4 heteroatoms. The molecule has 2 aromatic carbocycles. The first-order valence-electron chi connectivity index (χ1n) is 8.73. The Hall–Kier alpha value is -2.62. The maximum atomic E-state index is 12.1. The van der Waals surface area contributed by atoms with E-state index in [9.17, 15) is 9.59 Å². The first kappa shape index (κ1) is 18.7. The molecule has 4 nitrogen and oxygen atoms in total.